The van der Waals surface area contributed by atoms with Crippen molar-refractivity contribution in [3.63, 3.8) is 0 Å². The third-order valence-electron chi connectivity index (χ3n) is 4.82. The molecule has 25 heavy (non-hydrogen) atoms. The number of hydrogen-bond donors (Lipinski definition) is 0. The van der Waals surface area contributed by atoms with Gasteiger partial charge in [0.25, 0.3) is 5.69 Å². The minimum absolute atomic E-state index is 0.0255. The third kappa shape index (κ3) is 1.91. The zero-order chi connectivity index (χ0) is 17.0. The van der Waals surface area contributed by atoms with E-state index in [9.17, 15) is 10.1 Å². The second-order valence-corrected chi connectivity index (χ2v) is 6.12. The highest BCUT2D eigenvalue weighted by Gasteiger charge is 2.18. The van der Waals surface area contributed by atoms with E-state index >= 15 is 0 Å². The van der Waals surface area contributed by atoms with Gasteiger partial charge in [-0.15, -0.1) is 0 Å². The Hall–Kier alpha value is -3.53. The molecule has 0 radical (unpaired) electrons. The summed E-state index contributed by atoms with van der Waals surface area (Å²) in [7, 11) is 0. The molecular weight excluding hydrogens is 312 g/mol. The molecule has 1 heterocycles. The highest BCUT2D eigenvalue weighted by atomic mass is 16.6. The normalized spacial score (nSPS) is 11.5. The maximum absolute atomic E-state index is 11.4. The van der Waals surface area contributed by atoms with Gasteiger partial charge >= 0.3 is 0 Å². The first-order valence-corrected chi connectivity index (χ1v) is 7.99. The molecule has 0 aliphatic heterocycles. The van der Waals surface area contributed by atoms with Crippen LogP contribution in [0.5, 0.6) is 0 Å². The molecule has 0 bridgehead atoms. The fraction of sp³-hybridized carbons (Fsp3) is 0. The van der Waals surface area contributed by atoms with Crippen molar-refractivity contribution >= 4 is 38.0 Å². The van der Waals surface area contributed by atoms with Crippen molar-refractivity contribution in [1.29, 1.82) is 0 Å². The van der Waals surface area contributed by atoms with Gasteiger partial charge in [0.1, 0.15) is 6.20 Å². The standard InChI is InChI=1S/C21H12N2O2/c24-23(25)19-12-22-11-10-17(19)16-8-6-15-5-4-13-2-1-3-14-7-9-18(16)21(15)20(13)14/h1-12H. The first-order chi connectivity index (χ1) is 12.2. The van der Waals surface area contributed by atoms with E-state index in [-0.39, 0.29) is 10.6 Å². The van der Waals surface area contributed by atoms with Crippen LogP contribution in [0, 0.1) is 10.1 Å². The number of nitrogens with zero attached hydrogens (tertiary/aromatic N) is 2. The summed E-state index contributed by atoms with van der Waals surface area (Å²) in [5.74, 6) is 0. The van der Waals surface area contributed by atoms with E-state index in [1.807, 2.05) is 12.1 Å². The molecule has 0 saturated carbocycles. The molecule has 0 fully saturated rings. The maximum Gasteiger partial charge on any atom is 0.295 e. The molecule has 0 amide bonds. The van der Waals surface area contributed by atoms with Crippen LogP contribution in [0.15, 0.2) is 73.1 Å². The molecule has 0 N–H and O–H groups in total. The molecule has 0 unspecified atom stereocenters. The van der Waals surface area contributed by atoms with Crippen LogP contribution < -0.4 is 0 Å². The van der Waals surface area contributed by atoms with E-state index in [0.29, 0.717) is 5.56 Å². The molecular formula is C21H12N2O2. The smallest absolute Gasteiger partial charge is 0.258 e. The van der Waals surface area contributed by atoms with Crippen LogP contribution in [0.1, 0.15) is 0 Å². The van der Waals surface area contributed by atoms with Crippen LogP contribution in [-0.4, -0.2) is 9.91 Å². The number of hydrogen-bond acceptors (Lipinski definition) is 3. The fourth-order valence-electron chi connectivity index (χ4n) is 3.73. The monoisotopic (exact) mass is 324 g/mol. The van der Waals surface area contributed by atoms with Crippen molar-refractivity contribution in [2.75, 3.05) is 0 Å². The number of nitro groups is 1. The second kappa shape index (κ2) is 4.98. The average molecular weight is 324 g/mol. The topological polar surface area (TPSA) is 56.0 Å². The zero-order valence-electron chi connectivity index (χ0n) is 13.1. The molecule has 4 aromatic carbocycles. The van der Waals surface area contributed by atoms with Gasteiger partial charge in [-0.3, -0.25) is 15.1 Å². The van der Waals surface area contributed by atoms with E-state index in [0.717, 1.165) is 21.7 Å². The minimum atomic E-state index is -0.375. The highest BCUT2D eigenvalue weighted by Crippen LogP contribution is 2.40. The molecule has 4 nitrogen and oxygen atoms in total. The van der Waals surface area contributed by atoms with E-state index in [2.05, 4.69) is 47.4 Å². The Kier molecular flexibility index (Phi) is 2.76. The predicted molar refractivity (Wildman–Crippen MR) is 100 cm³/mol. The zero-order valence-corrected chi connectivity index (χ0v) is 13.1. The van der Waals surface area contributed by atoms with Crippen molar-refractivity contribution in [2.24, 2.45) is 0 Å². The van der Waals surface area contributed by atoms with Crippen LogP contribution >= 0.6 is 0 Å². The van der Waals surface area contributed by atoms with Gasteiger partial charge in [0.15, 0.2) is 0 Å². The van der Waals surface area contributed by atoms with Crippen molar-refractivity contribution in [2.45, 2.75) is 0 Å². The molecule has 0 aliphatic rings. The molecule has 5 aromatic rings. The molecule has 1 aromatic heterocycles. The lowest BCUT2D eigenvalue weighted by Crippen LogP contribution is -1.94. The second-order valence-electron chi connectivity index (χ2n) is 6.12. The lowest BCUT2D eigenvalue weighted by atomic mass is 9.90. The van der Waals surface area contributed by atoms with Gasteiger partial charge in [-0.05, 0) is 43.9 Å². The lowest BCUT2D eigenvalue weighted by molar-refractivity contribution is -0.384. The largest absolute Gasteiger partial charge is 0.295 e. The van der Waals surface area contributed by atoms with Gasteiger partial charge in [0.05, 0.1) is 10.5 Å². The maximum atomic E-state index is 11.4. The fourth-order valence-corrected chi connectivity index (χ4v) is 3.73. The number of rotatable bonds is 2. The lowest BCUT2D eigenvalue weighted by Gasteiger charge is -2.14. The van der Waals surface area contributed by atoms with Crippen LogP contribution in [0.25, 0.3) is 43.4 Å². The average Bonchev–Trinajstić information content (AvgIpc) is 2.66. The van der Waals surface area contributed by atoms with Crippen molar-refractivity contribution < 1.29 is 4.92 Å². The number of benzene rings is 4. The summed E-state index contributed by atoms with van der Waals surface area (Å²) in [5, 5.41) is 18.3. The quantitative estimate of drug-likeness (QED) is 0.243. The van der Waals surface area contributed by atoms with Crippen molar-refractivity contribution in [3.05, 3.63) is 83.2 Å². The Morgan fingerprint density at radius 2 is 1.44 bits per heavy atom. The molecule has 0 spiro atoms. The SMILES string of the molecule is O=[N+]([O-])c1cnccc1-c1ccc2ccc3cccc4ccc1c2c34. The Balaban J connectivity index is 1.97. The van der Waals surface area contributed by atoms with E-state index < -0.39 is 0 Å². The Morgan fingerprint density at radius 3 is 2.20 bits per heavy atom. The van der Waals surface area contributed by atoms with Gasteiger partial charge in [0, 0.05) is 6.20 Å². The molecule has 0 aliphatic carbocycles. The Bertz CT molecular complexity index is 1260. The van der Waals surface area contributed by atoms with Crippen LogP contribution in [-0.2, 0) is 0 Å². The van der Waals surface area contributed by atoms with E-state index in [1.54, 1.807) is 12.3 Å². The first kappa shape index (κ1) is 13.9. The van der Waals surface area contributed by atoms with Gasteiger partial charge < -0.3 is 0 Å². The van der Waals surface area contributed by atoms with Crippen molar-refractivity contribution in [3.8, 4) is 11.1 Å². The summed E-state index contributed by atoms with van der Waals surface area (Å²) in [6.45, 7) is 0. The Morgan fingerprint density at radius 1 is 0.760 bits per heavy atom. The minimum Gasteiger partial charge on any atom is -0.258 e. The third-order valence-corrected chi connectivity index (χ3v) is 4.82. The van der Waals surface area contributed by atoms with Gasteiger partial charge in [-0.2, -0.15) is 0 Å². The van der Waals surface area contributed by atoms with Crippen LogP contribution in [0.3, 0.4) is 0 Å². The molecule has 118 valence electrons. The van der Waals surface area contributed by atoms with Crippen LogP contribution in [0.2, 0.25) is 0 Å². The molecule has 0 atom stereocenters. The van der Waals surface area contributed by atoms with E-state index in [4.69, 9.17) is 0 Å². The summed E-state index contributed by atoms with van der Waals surface area (Å²) in [4.78, 5) is 15.0. The highest BCUT2D eigenvalue weighted by molar-refractivity contribution is 6.25. The molecule has 0 saturated heterocycles. The summed E-state index contributed by atoms with van der Waals surface area (Å²) in [6.07, 6.45) is 2.91. The van der Waals surface area contributed by atoms with Gasteiger partial charge in [0.2, 0.25) is 0 Å². The first-order valence-electron chi connectivity index (χ1n) is 7.99. The van der Waals surface area contributed by atoms with E-state index in [1.165, 1.54) is 22.4 Å². The summed E-state index contributed by atoms with van der Waals surface area (Å²) in [6, 6.07) is 20.3. The van der Waals surface area contributed by atoms with Crippen LogP contribution in [0.4, 0.5) is 5.69 Å². The predicted octanol–water partition coefficient (Wildman–Crippen LogP) is 5.55. The van der Waals surface area contributed by atoms with Gasteiger partial charge in [-0.25, -0.2) is 0 Å². The molecule has 5 rings (SSSR count). The molecule has 4 heteroatoms. The summed E-state index contributed by atoms with van der Waals surface area (Å²) in [5.41, 5.74) is 1.48. The summed E-state index contributed by atoms with van der Waals surface area (Å²) < 4.78 is 0. The van der Waals surface area contributed by atoms with Gasteiger partial charge in [-0.1, -0.05) is 54.6 Å². The summed E-state index contributed by atoms with van der Waals surface area (Å²) >= 11 is 0. The number of pyridine rings is 1. The number of aromatic nitrogens is 1. The Labute approximate surface area is 142 Å². The van der Waals surface area contributed by atoms with Crippen molar-refractivity contribution in [1.82, 2.24) is 4.98 Å².